The molecule has 1 amide bonds. The summed E-state index contributed by atoms with van der Waals surface area (Å²) in [5.41, 5.74) is 2.82. The smallest absolute Gasteiger partial charge is 0.238 e. The molecule has 43 heavy (non-hydrogen) atoms. The molecule has 3 unspecified atom stereocenters. The number of carbonyl (C=O) groups is 1. The molecule has 2 saturated heterocycles. The summed E-state index contributed by atoms with van der Waals surface area (Å²) in [6.07, 6.45) is 3.83. The number of hydrogen-bond donors (Lipinski definition) is 1. The summed E-state index contributed by atoms with van der Waals surface area (Å²) in [6, 6.07) is 25.3. The van der Waals surface area contributed by atoms with Crippen LogP contribution in [0, 0.1) is 22.7 Å². The predicted octanol–water partition coefficient (Wildman–Crippen LogP) is 5.13. The Morgan fingerprint density at radius 1 is 0.930 bits per heavy atom. The number of benzene rings is 3. The minimum Gasteiger partial charge on any atom is -0.493 e. The van der Waals surface area contributed by atoms with E-state index in [4.69, 9.17) is 19.5 Å². The molecule has 9 nitrogen and oxygen atoms in total. The normalized spacial score (nSPS) is 18.7. The molecule has 0 saturated carbocycles. The van der Waals surface area contributed by atoms with Gasteiger partial charge in [-0.25, -0.2) is 0 Å². The Hall–Kier alpha value is -4.57. The van der Waals surface area contributed by atoms with Crippen LogP contribution in [0.25, 0.3) is 0 Å². The zero-order valence-corrected chi connectivity index (χ0v) is 24.7. The van der Waals surface area contributed by atoms with Gasteiger partial charge >= 0.3 is 0 Å². The van der Waals surface area contributed by atoms with E-state index in [0.29, 0.717) is 52.7 Å². The van der Waals surface area contributed by atoms with E-state index in [2.05, 4.69) is 27.3 Å². The molecule has 1 N–H and O–H groups in total. The topological polar surface area (TPSA) is 111 Å². The Bertz CT molecular complexity index is 1480. The van der Waals surface area contributed by atoms with E-state index >= 15 is 0 Å². The van der Waals surface area contributed by atoms with Gasteiger partial charge in [-0.05, 0) is 80.3 Å². The molecular formula is C34H37N5O4. The monoisotopic (exact) mass is 579 g/mol. The fraction of sp³-hybridized carbons (Fsp3) is 0.382. The Labute approximate surface area is 253 Å². The largest absolute Gasteiger partial charge is 0.493 e. The van der Waals surface area contributed by atoms with Crippen LogP contribution in [0.1, 0.15) is 48.5 Å². The van der Waals surface area contributed by atoms with Gasteiger partial charge in [-0.1, -0.05) is 18.2 Å². The maximum absolute atomic E-state index is 12.7. The first-order valence-electron chi connectivity index (χ1n) is 14.7. The molecule has 2 fully saturated rings. The van der Waals surface area contributed by atoms with Crippen LogP contribution < -0.4 is 19.5 Å². The second-order valence-corrected chi connectivity index (χ2v) is 11.1. The van der Waals surface area contributed by atoms with Gasteiger partial charge in [0.15, 0.2) is 11.5 Å². The highest BCUT2D eigenvalue weighted by molar-refractivity contribution is 5.92. The number of rotatable bonds is 12. The molecule has 3 aromatic carbocycles. The van der Waals surface area contributed by atoms with Gasteiger partial charge in [-0.2, -0.15) is 10.5 Å². The van der Waals surface area contributed by atoms with Gasteiger partial charge in [-0.15, -0.1) is 0 Å². The Kier molecular flexibility index (Phi) is 9.78. The van der Waals surface area contributed by atoms with Gasteiger partial charge in [0.25, 0.3) is 0 Å². The molecule has 2 aliphatic heterocycles. The highest BCUT2D eigenvalue weighted by atomic mass is 16.5. The number of piperazine rings is 1. The van der Waals surface area contributed by atoms with Crippen LogP contribution in [-0.4, -0.2) is 68.2 Å². The van der Waals surface area contributed by atoms with Crippen molar-refractivity contribution in [3.05, 3.63) is 83.4 Å². The second-order valence-electron chi connectivity index (χ2n) is 11.1. The van der Waals surface area contributed by atoms with E-state index in [0.717, 1.165) is 50.9 Å². The number of ether oxygens (including phenoxy) is 3. The lowest BCUT2D eigenvalue weighted by molar-refractivity contribution is -0.118. The first-order chi connectivity index (χ1) is 21.0. The highest BCUT2D eigenvalue weighted by Crippen LogP contribution is 2.35. The quantitative estimate of drug-likeness (QED) is 0.314. The third kappa shape index (κ3) is 7.45. The average molecular weight is 580 g/mol. The molecule has 5 rings (SSSR count). The zero-order valence-electron chi connectivity index (χ0n) is 24.7. The first-order valence-corrected chi connectivity index (χ1v) is 14.7. The molecule has 2 aliphatic rings. The minimum atomic E-state index is -0.187. The molecule has 222 valence electrons. The first kappa shape index (κ1) is 29.9. The van der Waals surface area contributed by atoms with E-state index < -0.39 is 0 Å². The van der Waals surface area contributed by atoms with Crippen LogP contribution >= 0.6 is 0 Å². The Morgan fingerprint density at radius 3 is 2.33 bits per heavy atom. The maximum Gasteiger partial charge on any atom is 0.238 e. The number of anilines is 1. The van der Waals surface area contributed by atoms with Crippen molar-refractivity contribution >= 4 is 11.6 Å². The standard InChI is InChI=1S/C34H37N5O4/c1-41-32-15-14-30(18-33(32)42-2)43-31(26-10-8-24(19-35)9-11-26)7-4-16-39-28-12-13-29(39)22-38(21-28)23-34(40)37-27-6-3-5-25(17-27)20-36/h3,5-6,8-11,14-15,17-18,28-29,31H,4,7,12-13,16,21-23H2,1-2H3,(H,37,40). The summed E-state index contributed by atoms with van der Waals surface area (Å²) >= 11 is 0. The lowest BCUT2D eigenvalue weighted by Crippen LogP contribution is -2.55. The summed E-state index contributed by atoms with van der Waals surface area (Å²) in [4.78, 5) is 17.6. The minimum absolute atomic E-state index is 0.0551. The highest BCUT2D eigenvalue weighted by Gasteiger charge is 2.39. The number of hydrogen-bond acceptors (Lipinski definition) is 8. The fourth-order valence-corrected chi connectivity index (χ4v) is 6.22. The molecule has 9 heteroatoms. The number of nitrogens with zero attached hydrogens (tertiary/aromatic N) is 4. The van der Waals surface area contributed by atoms with Crippen molar-refractivity contribution in [1.82, 2.24) is 9.80 Å². The number of methoxy groups -OCH3 is 2. The molecule has 0 aliphatic carbocycles. The van der Waals surface area contributed by atoms with Crippen LogP contribution in [-0.2, 0) is 4.79 Å². The SMILES string of the molecule is COc1ccc(OC(CCCN2C3CCC2CN(CC(=O)Nc2cccc(C#N)c2)C3)c2ccc(C#N)cc2)cc1OC. The predicted molar refractivity (Wildman–Crippen MR) is 163 cm³/mol. The van der Waals surface area contributed by atoms with E-state index in [-0.39, 0.29) is 12.0 Å². The van der Waals surface area contributed by atoms with E-state index in [1.165, 1.54) is 0 Å². The summed E-state index contributed by atoms with van der Waals surface area (Å²) in [5.74, 6) is 1.89. The van der Waals surface area contributed by atoms with Crippen molar-refractivity contribution < 1.29 is 19.0 Å². The molecule has 0 spiro atoms. The molecule has 0 aromatic heterocycles. The van der Waals surface area contributed by atoms with E-state index in [1.54, 1.807) is 38.5 Å². The van der Waals surface area contributed by atoms with Crippen molar-refractivity contribution in [2.45, 2.75) is 43.9 Å². The third-order valence-electron chi connectivity index (χ3n) is 8.28. The van der Waals surface area contributed by atoms with E-state index in [1.807, 2.05) is 42.5 Å². The lowest BCUT2D eigenvalue weighted by atomic mass is 10.0. The average Bonchev–Trinajstić information content (AvgIpc) is 3.27. The maximum atomic E-state index is 12.7. The lowest BCUT2D eigenvalue weighted by Gasteiger charge is -2.41. The van der Waals surface area contributed by atoms with Crippen molar-refractivity contribution in [3.63, 3.8) is 0 Å². The van der Waals surface area contributed by atoms with Crippen LogP contribution in [0.3, 0.4) is 0 Å². The fourth-order valence-electron chi connectivity index (χ4n) is 6.22. The molecule has 3 atom stereocenters. The molecule has 2 bridgehead atoms. The second kappa shape index (κ2) is 14.1. The molecular weight excluding hydrogens is 542 g/mol. The number of amides is 1. The van der Waals surface area contributed by atoms with E-state index in [9.17, 15) is 10.1 Å². The van der Waals surface area contributed by atoms with Crippen LogP contribution in [0.4, 0.5) is 5.69 Å². The van der Waals surface area contributed by atoms with Crippen molar-refractivity contribution in [3.8, 4) is 29.4 Å². The third-order valence-corrected chi connectivity index (χ3v) is 8.28. The Balaban J connectivity index is 1.18. The van der Waals surface area contributed by atoms with Gasteiger partial charge in [-0.3, -0.25) is 14.6 Å². The molecule has 2 heterocycles. The van der Waals surface area contributed by atoms with Crippen molar-refractivity contribution in [2.75, 3.05) is 45.7 Å². The van der Waals surface area contributed by atoms with Gasteiger partial charge in [0.05, 0.1) is 44.0 Å². The molecule has 0 radical (unpaired) electrons. The van der Waals surface area contributed by atoms with Gasteiger partial charge in [0, 0.05) is 36.9 Å². The van der Waals surface area contributed by atoms with Crippen molar-refractivity contribution in [2.24, 2.45) is 0 Å². The number of fused-ring (bicyclic) bond motifs is 2. The number of nitriles is 2. The number of likely N-dealkylation sites (tertiary alicyclic amines) is 1. The summed E-state index contributed by atoms with van der Waals surface area (Å²) in [5, 5.41) is 21.3. The summed E-state index contributed by atoms with van der Waals surface area (Å²) in [6.45, 7) is 3.03. The summed E-state index contributed by atoms with van der Waals surface area (Å²) in [7, 11) is 3.21. The number of nitrogens with one attached hydrogen (secondary N) is 1. The van der Waals surface area contributed by atoms with Crippen molar-refractivity contribution in [1.29, 1.82) is 10.5 Å². The van der Waals surface area contributed by atoms with Crippen LogP contribution in [0.2, 0.25) is 0 Å². The zero-order chi connectivity index (χ0) is 30.2. The van der Waals surface area contributed by atoms with Gasteiger partial charge in [0.1, 0.15) is 11.9 Å². The molecule has 3 aromatic rings. The van der Waals surface area contributed by atoms with Gasteiger partial charge in [0.2, 0.25) is 5.91 Å². The van der Waals surface area contributed by atoms with Crippen LogP contribution in [0.15, 0.2) is 66.7 Å². The summed E-state index contributed by atoms with van der Waals surface area (Å²) < 4.78 is 17.3. The van der Waals surface area contributed by atoms with Gasteiger partial charge < -0.3 is 19.5 Å². The van der Waals surface area contributed by atoms with Crippen LogP contribution in [0.5, 0.6) is 17.2 Å². The Morgan fingerprint density at radius 2 is 1.65 bits per heavy atom. The number of carbonyl (C=O) groups excluding carboxylic acids is 1.